The number of carbonyl (C=O) groups excluding carboxylic acids is 1. The lowest BCUT2D eigenvalue weighted by Crippen LogP contribution is -2.24. The summed E-state index contributed by atoms with van der Waals surface area (Å²) in [7, 11) is 0. The SMILES string of the molecule is C[C@H](NC(=O)C=Cc1c(F)cccc1F)c1cccc(Oc2cnccn2)c1. The summed E-state index contributed by atoms with van der Waals surface area (Å²) in [5.41, 5.74) is 0.532. The van der Waals surface area contributed by atoms with E-state index < -0.39 is 17.5 Å². The van der Waals surface area contributed by atoms with Crippen LogP contribution in [0.1, 0.15) is 24.1 Å². The Bertz CT molecular complexity index is 974. The van der Waals surface area contributed by atoms with Crippen molar-refractivity contribution in [1.82, 2.24) is 15.3 Å². The summed E-state index contributed by atoms with van der Waals surface area (Å²) in [6.45, 7) is 1.79. The van der Waals surface area contributed by atoms with Gasteiger partial charge >= 0.3 is 0 Å². The zero-order chi connectivity index (χ0) is 19.9. The molecule has 7 heteroatoms. The third-order valence-corrected chi connectivity index (χ3v) is 3.88. The van der Waals surface area contributed by atoms with Gasteiger partial charge in [0.2, 0.25) is 11.8 Å². The molecule has 0 saturated carbocycles. The molecule has 1 atom stereocenters. The fourth-order valence-corrected chi connectivity index (χ4v) is 2.48. The molecule has 0 aliphatic carbocycles. The number of carbonyl (C=O) groups is 1. The average molecular weight is 381 g/mol. The van der Waals surface area contributed by atoms with E-state index in [9.17, 15) is 13.6 Å². The van der Waals surface area contributed by atoms with Crippen molar-refractivity contribution in [2.75, 3.05) is 0 Å². The summed E-state index contributed by atoms with van der Waals surface area (Å²) < 4.78 is 32.8. The van der Waals surface area contributed by atoms with Crippen LogP contribution in [-0.4, -0.2) is 15.9 Å². The smallest absolute Gasteiger partial charge is 0.244 e. The summed E-state index contributed by atoms with van der Waals surface area (Å²) in [4.78, 5) is 20.1. The Kier molecular flexibility index (Phi) is 6.06. The highest BCUT2D eigenvalue weighted by molar-refractivity contribution is 5.92. The minimum atomic E-state index is -0.731. The number of ether oxygens (including phenoxy) is 1. The van der Waals surface area contributed by atoms with Crippen LogP contribution in [-0.2, 0) is 4.79 Å². The molecule has 1 heterocycles. The van der Waals surface area contributed by atoms with Crippen LogP contribution < -0.4 is 10.1 Å². The van der Waals surface area contributed by atoms with Gasteiger partial charge in [-0.05, 0) is 42.8 Å². The molecule has 0 unspecified atom stereocenters. The van der Waals surface area contributed by atoms with Crippen molar-refractivity contribution in [2.24, 2.45) is 0 Å². The lowest BCUT2D eigenvalue weighted by Gasteiger charge is -2.14. The van der Waals surface area contributed by atoms with E-state index in [4.69, 9.17) is 4.74 Å². The Morgan fingerprint density at radius 1 is 1.14 bits per heavy atom. The molecule has 5 nitrogen and oxygen atoms in total. The van der Waals surface area contributed by atoms with Gasteiger partial charge in [0.25, 0.3) is 0 Å². The molecule has 1 aromatic heterocycles. The van der Waals surface area contributed by atoms with Crippen molar-refractivity contribution in [3.8, 4) is 11.6 Å². The quantitative estimate of drug-likeness (QED) is 0.641. The van der Waals surface area contributed by atoms with Crippen molar-refractivity contribution in [2.45, 2.75) is 13.0 Å². The van der Waals surface area contributed by atoms with Crippen LogP contribution in [0.3, 0.4) is 0 Å². The van der Waals surface area contributed by atoms with E-state index in [-0.39, 0.29) is 11.6 Å². The second-order valence-electron chi connectivity index (χ2n) is 5.92. The van der Waals surface area contributed by atoms with Crippen LogP contribution in [0, 0.1) is 11.6 Å². The molecule has 2 aromatic carbocycles. The van der Waals surface area contributed by atoms with Gasteiger partial charge in [0, 0.05) is 24.0 Å². The normalized spacial score (nSPS) is 12.0. The standard InChI is InChI=1S/C21H17F2N3O2/c1-14(26-20(27)9-8-17-18(22)6-3-7-19(17)23)15-4-2-5-16(12-15)28-21-13-24-10-11-25-21/h2-14H,1H3,(H,26,27)/t14-/m0/s1. The minimum absolute atomic E-state index is 0.260. The highest BCUT2D eigenvalue weighted by Crippen LogP contribution is 2.23. The first-order chi connectivity index (χ1) is 13.5. The molecular formula is C21H17F2N3O2. The van der Waals surface area contributed by atoms with Gasteiger partial charge in [-0.2, -0.15) is 0 Å². The number of aromatic nitrogens is 2. The first-order valence-electron chi connectivity index (χ1n) is 8.49. The highest BCUT2D eigenvalue weighted by Gasteiger charge is 2.10. The van der Waals surface area contributed by atoms with Crippen molar-refractivity contribution in [3.63, 3.8) is 0 Å². The molecule has 1 amide bonds. The number of nitrogens with zero attached hydrogens (tertiary/aromatic N) is 2. The fraction of sp³-hybridized carbons (Fsp3) is 0.0952. The highest BCUT2D eigenvalue weighted by atomic mass is 19.1. The van der Waals surface area contributed by atoms with Crippen LogP contribution in [0.15, 0.2) is 67.1 Å². The topological polar surface area (TPSA) is 64.1 Å². The molecule has 0 aliphatic rings. The summed E-state index contributed by atoms with van der Waals surface area (Å²) >= 11 is 0. The number of halogens is 2. The van der Waals surface area contributed by atoms with Gasteiger partial charge in [-0.15, -0.1) is 0 Å². The Labute approximate surface area is 160 Å². The van der Waals surface area contributed by atoms with Crippen molar-refractivity contribution in [3.05, 3.63) is 89.9 Å². The molecule has 1 N–H and O–H groups in total. The van der Waals surface area contributed by atoms with Crippen molar-refractivity contribution >= 4 is 12.0 Å². The number of hydrogen-bond acceptors (Lipinski definition) is 4. The number of amides is 1. The molecule has 0 radical (unpaired) electrons. The Balaban J connectivity index is 1.65. The van der Waals surface area contributed by atoms with Gasteiger partial charge in [-0.25, -0.2) is 13.8 Å². The van der Waals surface area contributed by atoms with E-state index in [1.165, 1.54) is 18.5 Å². The molecule has 0 saturated heterocycles. The van der Waals surface area contributed by atoms with Gasteiger partial charge in [0.15, 0.2) is 0 Å². The second kappa shape index (κ2) is 8.85. The van der Waals surface area contributed by atoms with Crippen LogP contribution in [0.4, 0.5) is 8.78 Å². The third kappa shape index (κ3) is 4.97. The van der Waals surface area contributed by atoms with Crippen LogP contribution in [0.5, 0.6) is 11.6 Å². The summed E-state index contributed by atoms with van der Waals surface area (Å²) in [6, 6.07) is 10.3. The molecule has 0 aliphatic heterocycles. The Hall–Kier alpha value is -3.61. The summed E-state index contributed by atoms with van der Waals surface area (Å²) in [6.07, 6.45) is 6.76. The van der Waals surface area contributed by atoms with Crippen LogP contribution >= 0.6 is 0 Å². The molecule has 0 spiro atoms. The second-order valence-corrected chi connectivity index (χ2v) is 5.92. The van der Waals surface area contributed by atoms with E-state index in [1.807, 2.05) is 6.07 Å². The zero-order valence-electron chi connectivity index (χ0n) is 15.0. The average Bonchev–Trinajstić information content (AvgIpc) is 2.68. The predicted octanol–water partition coefficient (Wildman–Crippen LogP) is 4.44. The lowest BCUT2D eigenvalue weighted by atomic mass is 10.1. The number of rotatable bonds is 6. The maximum atomic E-state index is 13.6. The zero-order valence-corrected chi connectivity index (χ0v) is 15.0. The monoisotopic (exact) mass is 381 g/mol. The van der Waals surface area contributed by atoms with Gasteiger partial charge in [-0.1, -0.05) is 18.2 Å². The largest absolute Gasteiger partial charge is 0.437 e. The third-order valence-electron chi connectivity index (χ3n) is 3.88. The van der Waals surface area contributed by atoms with E-state index in [0.29, 0.717) is 11.6 Å². The molecule has 3 rings (SSSR count). The lowest BCUT2D eigenvalue weighted by molar-refractivity contribution is -0.117. The van der Waals surface area contributed by atoms with Crippen LogP contribution in [0.25, 0.3) is 6.08 Å². The van der Waals surface area contributed by atoms with Gasteiger partial charge in [-0.3, -0.25) is 9.78 Å². The molecule has 0 fully saturated rings. The van der Waals surface area contributed by atoms with Crippen molar-refractivity contribution < 1.29 is 18.3 Å². The van der Waals surface area contributed by atoms with Gasteiger partial charge < -0.3 is 10.1 Å². The van der Waals surface area contributed by atoms with Gasteiger partial charge in [0.05, 0.1) is 12.2 Å². The van der Waals surface area contributed by atoms with Crippen LogP contribution in [0.2, 0.25) is 0 Å². The molecule has 28 heavy (non-hydrogen) atoms. The Morgan fingerprint density at radius 3 is 2.61 bits per heavy atom. The maximum absolute atomic E-state index is 13.6. The fourth-order valence-electron chi connectivity index (χ4n) is 2.48. The summed E-state index contributed by atoms with van der Waals surface area (Å²) in [5.74, 6) is -1.04. The van der Waals surface area contributed by atoms with E-state index in [2.05, 4.69) is 15.3 Å². The number of hydrogen-bond donors (Lipinski definition) is 1. The first-order valence-corrected chi connectivity index (χ1v) is 8.49. The maximum Gasteiger partial charge on any atom is 0.244 e. The van der Waals surface area contributed by atoms with Gasteiger partial charge in [0.1, 0.15) is 17.4 Å². The summed E-state index contributed by atoms with van der Waals surface area (Å²) in [5, 5.41) is 2.74. The number of benzene rings is 2. The molecule has 0 bridgehead atoms. The Morgan fingerprint density at radius 2 is 1.89 bits per heavy atom. The van der Waals surface area contributed by atoms with E-state index >= 15 is 0 Å². The molecule has 142 valence electrons. The van der Waals surface area contributed by atoms with E-state index in [1.54, 1.807) is 31.3 Å². The molecule has 3 aromatic rings. The first kappa shape index (κ1) is 19.2. The number of nitrogens with one attached hydrogen (secondary N) is 1. The minimum Gasteiger partial charge on any atom is -0.437 e. The predicted molar refractivity (Wildman–Crippen MR) is 100 cm³/mol. The molecular weight excluding hydrogens is 364 g/mol. The van der Waals surface area contributed by atoms with E-state index in [0.717, 1.165) is 29.8 Å². The van der Waals surface area contributed by atoms with Crippen molar-refractivity contribution in [1.29, 1.82) is 0 Å².